The molecule has 4 nitrogen and oxygen atoms in total. The number of fused-ring (bicyclic) bond motifs is 1. The molecule has 2 aliphatic rings. The summed E-state index contributed by atoms with van der Waals surface area (Å²) in [5.74, 6) is 0.581. The summed E-state index contributed by atoms with van der Waals surface area (Å²) < 4.78 is 40.4. The van der Waals surface area contributed by atoms with E-state index in [9.17, 15) is 13.2 Å². The van der Waals surface area contributed by atoms with E-state index < -0.39 is 17.3 Å². The molecule has 3 N–H and O–H groups in total. The van der Waals surface area contributed by atoms with Gasteiger partial charge in [0, 0.05) is 0 Å². The number of aliphatic imine (C=N–C) groups is 1. The summed E-state index contributed by atoms with van der Waals surface area (Å²) in [6, 6.07) is 13.9. The lowest BCUT2D eigenvalue weighted by Crippen LogP contribution is -2.58. The number of nitrogens with one attached hydrogen (secondary N) is 3. The smallest absolute Gasteiger partial charge is 0.371 e. The first-order valence-corrected chi connectivity index (χ1v) is 9.03. The lowest BCUT2D eigenvalue weighted by atomic mass is 9.84. The van der Waals surface area contributed by atoms with Gasteiger partial charge < -0.3 is 16.0 Å². The minimum Gasteiger partial charge on any atom is -0.371 e. The van der Waals surface area contributed by atoms with Gasteiger partial charge in [0.05, 0.1) is 29.0 Å². The number of para-hydroxylation sites is 1. The molecule has 2 heterocycles. The van der Waals surface area contributed by atoms with Gasteiger partial charge in [0.15, 0.2) is 0 Å². The van der Waals surface area contributed by atoms with Crippen LogP contribution in [0.25, 0.3) is 0 Å². The molecule has 1 spiro atoms. The molecule has 0 radical (unpaired) electrons. The van der Waals surface area contributed by atoms with Gasteiger partial charge in [-0.1, -0.05) is 36.4 Å². The fourth-order valence-electron chi connectivity index (χ4n) is 3.74. The third kappa shape index (κ3) is 3.51. The Labute approximate surface area is 155 Å². The first kappa shape index (κ1) is 17.9. The Hall–Kier alpha value is -2.54. The van der Waals surface area contributed by atoms with Crippen molar-refractivity contribution in [2.75, 3.05) is 23.7 Å². The lowest BCUT2D eigenvalue weighted by molar-refractivity contribution is -0.136. The quantitative estimate of drug-likeness (QED) is 0.736. The molecule has 0 bridgehead atoms. The molecule has 0 amide bonds. The summed E-state index contributed by atoms with van der Waals surface area (Å²) in [5, 5.41) is 9.73. The molecule has 1 saturated heterocycles. The van der Waals surface area contributed by atoms with E-state index in [0.717, 1.165) is 37.6 Å². The Kier molecular flexibility index (Phi) is 4.55. The van der Waals surface area contributed by atoms with Crippen LogP contribution in [0.3, 0.4) is 0 Å². The first-order chi connectivity index (χ1) is 13.0. The molecule has 0 unspecified atom stereocenters. The van der Waals surface area contributed by atoms with Crippen LogP contribution in [0.2, 0.25) is 0 Å². The van der Waals surface area contributed by atoms with Gasteiger partial charge in [-0.05, 0) is 43.6 Å². The maximum atomic E-state index is 13.5. The molecule has 142 valence electrons. The van der Waals surface area contributed by atoms with Crippen molar-refractivity contribution in [2.24, 2.45) is 4.99 Å². The summed E-state index contributed by atoms with van der Waals surface area (Å²) in [7, 11) is 0. The van der Waals surface area contributed by atoms with Crippen molar-refractivity contribution in [2.45, 2.75) is 31.1 Å². The van der Waals surface area contributed by atoms with E-state index in [1.807, 2.05) is 30.3 Å². The number of nitrogens with zero attached hydrogens (tertiary/aromatic N) is 1. The van der Waals surface area contributed by atoms with Crippen molar-refractivity contribution in [3.63, 3.8) is 0 Å². The zero-order valence-electron chi connectivity index (χ0n) is 14.7. The highest BCUT2D eigenvalue weighted by atomic mass is 19.4. The standard InChI is InChI=1S/C20H21F3N4/c21-20(22,23)15-7-4-8-16-17(15)26-18(19(27-16)9-11-24-12-10-19)25-13-14-5-2-1-3-6-14/h1-8,24,27H,9-13H2,(H,25,26). The summed E-state index contributed by atoms with van der Waals surface area (Å²) >= 11 is 0. The summed E-state index contributed by atoms with van der Waals surface area (Å²) in [6.45, 7) is 1.99. The third-order valence-corrected chi connectivity index (χ3v) is 5.16. The van der Waals surface area contributed by atoms with Crippen LogP contribution in [-0.2, 0) is 12.7 Å². The van der Waals surface area contributed by atoms with Gasteiger partial charge in [0.1, 0.15) is 5.84 Å². The molecule has 1 fully saturated rings. The SMILES string of the molecule is FC(F)(F)c1cccc2c1NC(=NCc1ccccc1)C1(CCNCC1)N2. The van der Waals surface area contributed by atoms with Crippen LogP contribution < -0.4 is 16.0 Å². The number of amidine groups is 1. The predicted octanol–water partition coefficient (Wildman–Crippen LogP) is 4.26. The average molecular weight is 374 g/mol. The van der Waals surface area contributed by atoms with E-state index in [0.29, 0.717) is 18.1 Å². The Morgan fingerprint density at radius 1 is 0.963 bits per heavy atom. The van der Waals surface area contributed by atoms with Crippen LogP contribution >= 0.6 is 0 Å². The Bertz CT molecular complexity index is 840. The van der Waals surface area contributed by atoms with Gasteiger partial charge in [-0.25, -0.2) is 0 Å². The van der Waals surface area contributed by atoms with E-state index in [-0.39, 0.29) is 5.69 Å². The number of hydrogen-bond acceptors (Lipinski definition) is 3. The van der Waals surface area contributed by atoms with Crippen LogP contribution in [-0.4, -0.2) is 24.5 Å². The normalized spacial score (nSPS) is 20.0. The minimum absolute atomic E-state index is 0.0565. The molecule has 4 rings (SSSR count). The predicted molar refractivity (Wildman–Crippen MR) is 101 cm³/mol. The van der Waals surface area contributed by atoms with Crippen molar-refractivity contribution in [3.05, 3.63) is 59.7 Å². The molecule has 0 aliphatic carbocycles. The van der Waals surface area contributed by atoms with Gasteiger partial charge in [-0.15, -0.1) is 0 Å². The monoisotopic (exact) mass is 374 g/mol. The summed E-state index contributed by atoms with van der Waals surface area (Å²) in [5.41, 5.74) is 0.401. The Morgan fingerprint density at radius 3 is 2.41 bits per heavy atom. The number of rotatable bonds is 2. The number of alkyl halides is 3. The number of halogens is 3. The molecule has 7 heteroatoms. The second kappa shape index (κ2) is 6.88. The highest BCUT2D eigenvalue weighted by molar-refractivity contribution is 6.10. The number of benzene rings is 2. The molecule has 2 aliphatic heterocycles. The second-order valence-corrected chi connectivity index (χ2v) is 6.96. The van der Waals surface area contributed by atoms with E-state index in [1.54, 1.807) is 6.07 Å². The molecule has 2 aromatic rings. The van der Waals surface area contributed by atoms with Crippen LogP contribution in [0, 0.1) is 0 Å². The molecular weight excluding hydrogens is 353 g/mol. The lowest BCUT2D eigenvalue weighted by Gasteiger charge is -2.44. The third-order valence-electron chi connectivity index (χ3n) is 5.16. The molecule has 0 aromatic heterocycles. The second-order valence-electron chi connectivity index (χ2n) is 6.96. The fraction of sp³-hybridized carbons (Fsp3) is 0.350. The van der Waals surface area contributed by atoms with E-state index in [1.165, 1.54) is 6.07 Å². The highest BCUT2D eigenvalue weighted by Gasteiger charge is 2.44. The maximum Gasteiger partial charge on any atom is 0.418 e. The fourth-order valence-corrected chi connectivity index (χ4v) is 3.74. The molecule has 2 aromatic carbocycles. The van der Waals surface area contributed by atoms with Crippen molar-refractivity contribution < 1.29 is 13.2 Å². The van der Waals surface area contributed by atoms with Gasteiger partial charge >= 0.3 is 6.18 Å². The number of hydrogen-bond donors (Lipinski definition) is 3. The molecule has 0 atom stereocenters. The van der Waals surface area contributed by atoms with Gasteiger partial charge in [-0.2, -0.15) is 13.2 Å². The highest BCUT2D eigenvalue weighted by Crippen LogP contribution is 2.43. The van der Waals surface area contributed by atoms with Crippen LogP contribution in [0.15, 0.2) is 53.5 Å². The number of piperidine rings is 1. The average Bonchev–Trinajstić information content (AvgIpc) is 2.66. The topological polar surface area (TPSA) is 48.5 Å². The van der Waals surface area contributed by atoms with Crippen molar-refractivity contribution in [3.8, 4) is 0 Å². The summed E-state index contributed by atoms with van der Waals surface area (Å²) in [6.07, 6.45) is -2.92. The minimum atomic E-state index is -4.43. The van der Waals surface area contributed by atoms with Crippen LogP contribution in [0.5, 0.6) is 0 Å². The van der Waals surface area contributed by atoms with Crippen LogP contribution in [0.1, 0.15) is 24.0 Å². The zero-order valence-corrected chi connectivity index (χ0v) is 14.7. The van der Waals surface area contributed by atoms with E-state index in [4.69, 9.17) is 4.99 Å². The van der Waals surface area contributed by atoms with Gasteiger partial charge in [-0.3, -0.25) is 4.99 Å². The Morgan fingerprint density at radius 2 is 1.70 bits per heavy atom. The van der Waals surface area contributed by atoms with Crippen molar-refractivity contribution in [1.82, 2.24) is 5.32 Å². The zero-order chi connectivity index (χ0) is 18.9. The summed E-state index contributed by atoms with van der Waals surface area (Å²) in [4.78, 5) is 4.70. The van der Waals surface area contributed by atoms with Crippen molar-refractivity contribution >= 4 is 17.2 Å². The van der Waals surface area contributed by atoms with Gasteiger partial charge in [0.25, 0.3) is 0 Å². The molecule has 0 saturated carbocycles. The maximum absolute atomic E-state index is 13.5. The first-order valence-electron chi connectivity index (χ1n) is 9.03. The Balaban J connectivity index is 1.74. The van der Waals surface area contributed by atoms with Crippen LogP contribution in [0.4, 0.5) is 24.5 Å². The number of anilines is 2. The van der Waals surface area contributed by atoms with E-state index >= 15 is 0 Å². The van der Waals surface area contributed by atoms with E-state index in [2.05, 4.69) is 16.0 Å². The van der Waals surface area contributed by atoms with Crippen molar-refractivity contribution in [1.29, 1.82) is 0 Å². The van der Waals surface area contributed by atoms with Gasteiger partial charge in [0.2, 0.25) is 0 Å². The largest absolute Gasteiger partial charge is 0.418 e. The molecular formula is C20H21F3N4. The molecule has 27 heavy (non-hydrogen) atoms.